The summed E-state index contributed by atoms with van der Waals surface area (Å²) in [4.78, 5) is 50.4. The number of benzene rings is 2. The first-order valence-electron chi connectivity index (χ1n) is 24.8. The number of aliphatic carboxylic acids is 1. The standard InChI is InChI=1S/C54H76N2O8/c1-36(2)15-14-16-37(3)43-23-24-44-42-22-21-38-33-39(27-29-53(38,5)45(42)28-30-54(43,44)6)64-49(58)26-25-48(57)62-34-52(4,50(59)60)35-63-51(61)55-31-12-7-13-32-56-46-19-10-8-17-40(46)41-18-9-11-20-47(41)56/h8-11,17-21,36-37,39,42-45H,7,12-16,22-35H2,1-6H3,(H,55,61)(H,59,60)/t37-,39?,42+,43-,44+,45+,52?,53+,54-/m1/s1. The maximum Gasteiger partial charge on any atom is 0.407 e. The lowest BCUT2D eigenvalue weighted by atomic mass is 9.47. The normalized spacial score (nSPS) is 27.7. The molecule has 0 aliphatic heterocycles. The van der Waals surface area contributed by atoms with Crippen molar-refractivity contribution in [3.8, 4) is 0 Å². The Balaban J connectivity index is 0.791. The number of hydrogen-bond donors (Lipinski definition) is 2. The van der Waals surface area contributed by atoms with Gasteiger partial charge in [0.15, 0.2) is 0 Å². The fourth-order valence-corrected chi connectivity index (χ4v) is 13.0. The van der Waals surface area contributed by atoms with E-state index >= 15 is 0 Å². The average molecular weight is 881 g/mol. The quantitative estimate of drug-likeness (QED) is 0.0496. The highest BCUT2D eigenvalue weighted by atomic mass is 16.6. The average Bonchev–Trinajstić information content (AvgIpc) is 3.80. The van der Waals surface area contributed by atoms with Crippen LogP contribution in [0, 0.1) is 51.8 Å². The molecule has 9 atom stereocenters. The summed E-state index contributed by atoms with van der Waals surface area (Å²) in [6.45, 7) is 14.0. The molecule has 0 bridgehead atoms. The zero-order chi connectivity index (χ0) is 45.6. The summed E-state index contributed by atoms with van der Waals surface area (Å²) in [5.41, 5.74) is 2.80. The molecular weight excluding hydrogens is 805 g/mol. The smallest absolute Gasteiger partial charge is 0.407 e. The van der Waals surface area contributed by atoms with Crippen molar-refractivity contribution in [2.24, 2.45) is 51.8 Å². The lowest BCUT2D eigenvalue weighted by molar-refractivity contribution is -0.163. The van der Waals surface area contributed by atoms with Gasteiger partial charge in [0.2, 0.25) is 0 Å². The van der Waals surface area contributed by atoms with Crippen LogP contribution in [0.2, 0.25) is 0 Å². The van der Waals surface area contributed by atoms with E-state index in [9.17, 15) is 24.3 Å². The number of aromatic nitrogens is 1. The Morgan fingerprint density at radius 2 is 1.50 bits per heavy atom. The van der Waals surface area contributed by atoms with Crippen LogP contribution in [0.5, 0.6) is 0 Å². The largest absolute Gasteiger partial charge is 0.481 e. The number of allylic oxidation sites excluding steroid dienone is 1. The number of carboxylic acids is 1. The van der Waals surface area contributed by atoms with Gasteiger partial charge in [-0.15, -0.1) is 0 Å². The van der Waals surface area contributed by atoms with Gasteiger partial charge in [0.1, 0.15) is 24.7 Å². The number of carboxylic acid groups (broad SMARTS) is 1. The van der Waals surface area contributed by atoms with Gasteiger partial charge < -0.3 is 29.2 Å². The minimum atomic E-state index is -1.65. The first-order chi connectivity index (χ1) is 30.6. The summed E-state index contributed by atoms with van der Waals surface area (Å²) >= 11 is 0. The number of rotatable bonds is 20. The molecule has 7 rings (SSSR count). The molecule has 3 saturated carbocycles. The zero-order valence-corrected chi connectivity index (χ0v) is 39.6. The third-order valence-corrected chi connectivity index (χ3v) is 16.7. The Bertz CT molecular complexity index is 2100. The molecule has 350 valence electrons. The molecule has 3 aromatic rings. The highest BCUT2D eigenvalue weighted by Crippen LogP contribution is 2.67. The van der Waals surface area contributed by atoms with Crippen LogP contribution in [0.15, 0.2) is 60.2 Å². The number of nitrogens with zero attached hydrogens (tertiary/aromatic N) is 1. The Kier molecular flexibility index (Phi) is 15.2. The molecule has 10 nitrogen and oxygen atoms in total. The van der Waals surface area contributed by atoms with Crippen LogP contribution in [-0.4, -0.2) is 59.5 Å². The van der Waals surface area contributed by atoms with Gasteiger partial charge in [-0.1, -0.05) is 102 Å². The predicted octanol–water partition coefficient (Wildman–Crippen LogP) is 12.1. The molecule has 2 unspecified atom stereocenters. The summed E-state index contributed by atoms with van der Waals surface area (Å²) in [6.07, 6.45) is 16.9. The van der Waals surface area contributed by atoms with Gasteiger partial charge in [0.25, 0.3) is 0 Å². The van der Waals surface area contributed by atoms with Crippen LogP contribution in [0.4, 0.5) is 4.79 Å². The van der Waals surface area contributed by atoms with Crippen LogP contribution in [0.3, 0.4) is 0 Å². The van der Waals surface area contributed by atoms with Crippen molar-refractivity contribution in [2.45, 2.75) is 157 Å². The number of para-hydroxylation sites is 2. The summed E-state index contributed by atoms with van der Waals surface area (Å²) < 4.78 is 18.9. The highest BCUT2D eigenvalue weighted by molar-refractivity contribution is 6.07. The summed E-state index contributed by atoms with van der Waals surface area (Å²) in [5, 5.41) is 15.1. The van der Waals surface area contributed by atoms with Crippen molar-refractivity contribution >= 4 is 45.8 Å². The Morgan fingerprint density at radius 1 is 0.812 bits per heavy atom. The SMILES string of the molecule is CC(C)CCC[C@@H](C)[C@H]1CC[C@H]2[C@@H]3CC=C4CC(OC(=O)CCC(=O)OCC(C)(COC(=O)NCCCCCn5c6ccccc6c6ccccc65)C(=O)O)CC[C@]4(C)[C@H]3CC[C@]12C. The van der Waals surface area contributed by atoms with Crippen LogP contribution in [0.25, 0.3) is 21.8 Å². The maximum atomic E-state index is 13.0. The molecule has 10 heteroatoms. The van der Waals surface area contributed by atoms with Crippen LogP contribution in [0.1, 0.15) is 144 Å². The second-order valence-electron chi connectivity index (χ2n) is 21.4. The molecular formula is C54H76N2O8. The molecule has 1 amide bonds. The van der Waals surface area contributed by atoms with E-state index in [1.54, 1.807) is 0 Å². The fourth-order valence-electron chi connectivity index (χ4n) is 13.0. The number of ether oxygens (including phenoxy) is 3. The monoisotopic (exact) mass is 881 g/mol. The molecule has 0 spiro atoms. The molecule has 1 aromatic heterocycles. The van der Waals surface area contributed by atoms with Gasteiger partial charge in [-0.3, -0.25) is 14.4 Å². The molecule has 0 saturated heterocycles. The van der Waals surface area contributed by atoms with Gasteiger partial charge >= 0.3 is 24.0 Å². The van der Waals surface area contributed by atoms with E-state index in [2.05, 4.69) is 99.1 Å². The predicted molar refractivity (Wildman–Crippen MR) is 252 cm³/mol. The Hall–Kier alpha value is -4.34. The maximum absolute atomic E-state index is 13.0. The van der Waals surface area contributed by atoms with E-state index in [4.69, 9.17) is 14.2 Å². The molecule has 2 N–H and O–H groups in total. The number of fused-ring (bicyclic) bond motifs is 8. The minimum Gasteiger partial charge on any atom is -0.481 e. The van der Waals surface area contributed by atoms with Crippen molar-refractivity contribution in [2.75, 3.05) is 19.8 Å². The number of hydrogen-bond acceptors (Lipinski definition) is 7. The summed E-state index contributed by atoms with van der Waals surface area (Å²) in [6, 6.07) is 16.8. The van der Waals surface area contributed by atoms with E-state index in [1.165, 1.54) is 79.2 Å². The zero-order valence-electron chi connectivity index (χ0n) is 39.6. The van der Waals surface area contributed by atoms with Gasteiger partial charge in [0, 0.05) is 41.3 Å². The van der Waals surface area contributed by atoms with Gasteiger partial charge in [-0.2, -0.15) is 0 Å². The third kappa shape index (κ3) is 10.4. The van der Waals surface area contributed by atoms with E-state index in [-0.39, 0.29) is 24.4 Å². The van der Waals surface area contributed by atoms with Crippen molar-refractivity contribution in [3.05, 3.63) is 60.2 Å². The summed E-state index contributed by atoms with van der Waals surface area (Å²) in [7, 11) is 0. The number of aryl methyl sites for hydroxylation is 1. The number of nitrogens with one attached hydrogen (secondary N) is 1. The molecule has 1 heterocycles. The first kappa shape index (κ1) is 47.6. The lowest BCUT2D eigenvalue weighted by Crippen LogP contribution is -2.51. The highest BCUT2D eigenvalue weighted by Gasteiger charge is 2.59. The molecule has 0 radical (unpaired) electrons. The van der Waals surface area contributed by atoms with Gasteiger partial charge in [-0.25, -0.2) is 4.79 Å². The van der Waals surface area contributed by atoms with Crippen LogP contribution >= 0.6 is 0 Å². The topological polar surface area (TPSA) is 133 Å². The van der Waals surface area contributed by atoms with Crippen LogP contribution in [-0.2, 0) is 35.1 Å². The van der Waals surface area contributed by atoms with E-state index < -0.39 is 42.6 Å². The van der Waals surface area contributed by atoms with Crippen LogP contribution < -0.4 is 5.32 Å². The van der Waals surface area contributed by atoms with Crippen molar-refractivity contribution in [1.82, 2.24) is 9.88 Å². The Labute approximate surface area is 381 Å². The number of unbranched alkanes of at least 4 members (excludes halogenated alkanes) is 2. The molecule has 4 aliphatic rings. The Morgan fingerprint density at radius 3 is 2.20 bits per heavy atom. The first-order valence-corrected chi connectivity index (χ1v) is 24.8. The number of carbonyl (C=O) groups excluding carboxylic acids is 3. The fraction of sp³-hybridized carbons (Fsp3) is 0.667. The summed E-state index contributed by atoms with van der Waals surface area (Å²) in [5.74, 6) is 2.22. The molecule has 4 aliphatic carbocycles. The van der Waals surface area contributed by atoms with Gasteiger partial charge in [-0.05, 0) is 130 Å². The van der Waals surface area contributed by atoms with Crippen molar-refractivity contribution in [1.29, 1.82) is 0 Å². The second kappa shape index (κ2) is 20.4. The van der Waals surface area contributed by atoms with Crippen molar-refractivity contribution in [3.63, 3.8) is 0 Å². The third-order valence-electron chi connectivity index (χ3n) is 16.7. The number of esters is 2. The molecule has 2 aromatic carbocycles. The minimum absolute atomic E-state index is 0.144. The second-order valence-corrected chi connectivity index (χ2v) is 21.4. The van der Waals surface area contributed by atoms with Gasteiger partial charge in [0.05, 0.1) is 12.8 Å². The molecule has 64 heavy (non-hydrogen) atoms. The number of carbonyl (C=O) groups is 4. The number of alkyl carbamates (subject to hydrolysis) is 1. The lowest BCUT2D eigenvalue weighted by Gasteiger charge is -2.58. The number of amides is 1. The molecule has 3 fully saturated rings. The van der Waals surface area contributed by atoms with E-state index in [0.29, 0.717) is 17.9 Å². The van der Waals surface area contributed by atoms with E-state index in [1.807, 2.05) is 0 Å². The van der Waals surface area contributed by atoms with E-state index in [0.717, 1.165) is 81.1 Å². The van der Waals surface area contributed by atoms with Crippen molar-refractivity contribution < 1.29 is 38.5 Å².